The Balaban J connectivity index is 0.000000206. The monoisotopic (exact) mass is 978 g/mol. The summed E-state index contributed by atoms with van der Waals surface area (Å²) in [6, 6.07) is 18.8. The molecule has 4 atom stereocenters. The molecule has 70 heavy (non-hydrogen) atoms. The van der Waals surface area contributed by atoms with E-state index in [-0.39, 0.29) is 34.4 Å². The quantitative estimate of drug-likeness (QED) is 0.101. The Morgan fingerprint density at radius 3 is 1.23 bits per heavy atom. The van der Waals surface area contributed by atoms with Crippen LogP contribution in [0.5, 0.6) is 11.5 Å². The lowest BCUT2D eigenvalue weighted by molar-refractivity contribution is -0.275. The first-order chi connectivity index (χ1) is 32.7. The van der Waals surface area contributed by atoms with Gasteiger partial charge >= 0.3 is 24.7 Å². The van der Waals surface area contributed by atoms with Crippen LogP contribution in [0.15, 0.2) is 72.8 Å². The highest BCUT2D eigenvalue weighted by Gasteiger charge is 2.37. The maximum atomic E-state index is 12.5. The number of ether oxygens (including phenoxy) is 4. The first kappa shape index (κ1) is 51.4. The molecule has 2 fully saturated rings. The largest absolute Gasteiger partial charge is 0.573 e. The van der Waals surface area contributed by atoms with Crippen molar-refractivity contribution in [1.29, 1.82) is 0 Å². The van der Waals surface area contributed by atoms with Crippen LogP contribution in [0, 0.1) is 36.5 Å². The van der Waals surface area contributed by atoms with Gasteiger partial charge in [0.2, 0.25) is 11.9 Å². The van der Waals surface area contributed by atoms with Gasteiger partial charge in [-0.05, 0) is 159 Å². The molecule has 0 saturated heterocycles. The number of nitrogens with zero attached hydrogens (tertiary/aromatic N) is 4. The highest BCUT2D eigenvalue weighted by Crippen LogP contribution is 2.48. The molecule has 2 aliphatic rings. The van der Waals surface area contributed by atoms with Gasteiger partial charge in [-0.25, -0.2) is 19.6 Å². The highest BCUT2D eigenvalue weighted by atomic mass is 19.4. The number of methoxy groups -OCH3 is 2. The minimum atomic E-state index is -4.75. The topological polar surface area (TPSA) is 131 Å². The minimum absolute atomic E-state index is 0.147. The van der Waals surface area contributed by atoms with E-state index in [1.54, 1.807) is 12.1 Å². The van der Waals surface area contributed by atoms with Crippen LogP contribution >= 0.6 is 0 Å². The zero-order valence-electron chi connectivity index (χ0n) is 41.0. The summed E-state index contributed by atoms with van der Waals surface area (Å²) >= 11 is 0. The molecule has 2 saturated carbocycles. The van der Waals surface area contributed by atoms with Crippen LogP contribution in [0.25, 0.3) is 22.1 Å². The number of anilines is 4. The number of halogens is 6. The Morgan fingerprint density at radius 1 is 0.586 bits per heavy atom. The third kappa shape index (κ3) is 12.3. The van der Waals surface area contributed by atoms with Crippen LogP contribution < -0.4 is 20.1 Å². The van der Waals surface area contributed by atoms with E-state index in [0.717, 1.165) is 60.7 Å². The normalized spacial score (nSPS) is 20.0. The summed E-state index contributed by atoms with van der Waals surface area (Å²) in [7, 11) is 2.68. The lowest BCUT2D eigenvalue weighted by atomic mass is 9.70. The van der Waals surface area contributed by atoms with Crippen LogP contribution in [-0.4, -0.2) is 58.0 Å². The van der Waals surface area contributed by atoms with Gasteiger partial charge in [0.25, 0.3) is 0 Å². The molecule has 376 valence electrons. The van der Waals surface area contributed by atoms with E-state index in [1.165, 1.54) is 62.8 Å². The predicted molar refractivity (Wildman–Crippen MR) is 256 cm³/mol. The van der Waals surface area contributed by atoms with Crippen molar-refractivity contribution in [3.8, 4) is 11.5 Å². The van der Waals surface area contributed by atoms with Gasteiger partial charge in [-0.15, -0.1) is 26.3 Å². The summed E-state index contributed by atoms with van der Waals surface area (Å²) in [5.41, 5.74) is 6.98. The number of rotatable bonds is 10. The third-order valence-corrected chi connectivity index (χ3v) is 13.0. The van der Waals surface area contributed by atoms with Crippen LogP contribution in [0.4, 0.5) is 49.6 Å². The Bertz CT molecular complexity index is 2660. The maximum Gasteiger partial charge on any atom is 0.573 e. The molecular formula is C52H60F6N6O6. The molecule has 2 heterocycles. The second-order valence-corrected chi connectivity index (χ2v) is 20.4. The Kier molecular flexibility index (Phi) is 14.5. The van der Waals surface area contributed by atoms with Gasteiger partial charge in [-0.2, -0.15) is 0 Å². The molecule has 0 spiro atoms. The Hall–Kier alpha value is -6.46. The standard InChI is InChI=1S/2C26H30F3N3O3/c2*1-15-10-18(14-25(3,4)13-15)32-22-11-16(2)20(23(33)34-5)12-21(22)31-24(32)30-17-6-8-19(9-7-17)35-26(27,28)29/h2*6-9,11-12,15,18H,10,13-14H2,1-5H3,(H,30,31)/t2*15-,18-/m10/s1. The number of alkyl halides is 6. The molecular weight excluding hydrogens is 919 g/mol. The molecule has 6 aromatic rings. The molecule has 0 radical (unpaired) electrons. The average Bonchev–Trinajstić information content (AvgIpc) is 3.77. The van der Waals surface area contributed by atoms with Crippen LogP contribution in [-0.2, 0) is 9.47 Å². The number of hydrogen-bond acceptors (Lipinski definition) is 10. The lowest BCUT2D eigenvalue weighted by Crippen LogP contribution is -2.29. The highest BCUT2D eigenvalue weighted by molar-refractivity contribution is 5.97. The zero-order chi connectivity index (χ0) is 51.1. The van der Waals surface area contributed by atoms with Gasteiger partial charge in [0.15, 0.2) is 0 Å². The van der Waals surface area contributed by atoms with Gasteiger partial charge in [-0.3, -0.25) is 0 Å². The number of aryl methyl sites for hydroxylation is 2. The van der Waals surface area contributed by atoms with Crippen LogP contribution in [0.1, 0.15) is 124 Å². The molecule has 2 N–H and O–H groups in total. The van der Waals surface area contributed by atoms with E-state index in [4.69, 9.17) is 19.4 Å². The van der Waals surface area contributed by atoms with Crippen molar-refractivity contribution in [3.05, 3.63) is 95.1 Å². The van der Waals surface area contributed by atoms with Crippen molar-refractivity contribution in [2.45, 2.75) is 119 Å². The number of carbonyl (C=O) groups is 2. The molecule has 8 rings (SSSR count). The Morgan fingerprint density at radius 2 is 0.929 bits per heavy atom. The first-order valence-corrected chi connectivity index (χ1v) is 23.2. The van der Waals surface area contributed by atoms with E-state index in [1.807, 2.05) is 26.0 Å². The van der Waals surface area contributed by atoms with E-state index < -0.39 is 24.7 Å². The van der Waals surface area contributed by atoms with Gasteiger partial charge in [0.1, 0.15) is 11.5 Å². The molecule has 0 unspecified atom stereocenters. The van der Waals surface area contributed by atoms with Crippen molar-refractivity contribution >= 4 is 57.3 Å². The molecule has 0 aliphatic heterocycles. The average molecular weight is 979 g/mol. The summed E-state index contributed by atoms with van der Waals surface area (Å²) in [5, 5.41) is 6.55. The van der Waals surface area contributed by atoms with E-state index in [9.17, 15) is 35.9 Å². The summed E-state index contributed by atoms with van der Waals surface area (Å²) in [5.74, 6) is 0.728. The van der Waals surface area contributed by atoms with Gasteiger partial charge < -0.3 is 38.7 Å². The van der Waals surface area contributed by atoms with Crippen molar-refractivity contribution in [1.82, 2.24) is 19.1 Å². The fourth-order valence-corrected chi connectivity index (χ4v) is 10.8. The number of carbonyl (C=O) groups excluding carboxylic acids is 2. The number of fused-ring (bicyclic) bond motifs is 2. The van der Waals surface area contributed by atoms with E-state index >= 15 is 0 Å². The van der Waals surface area contributed by atoms with Crippen molar-refractivity contribution < 1.29 is 54.9 Å². The van der Waals surface area contributed by atoms with Gasteiger partial charge in [0.05, 0.1) is 47.4 Å². The first-order valence-electron chi connectivity index (χ1n) is 23.2. The van der Waals surface area contributed by atoms with Gasteiger partial charge in [0, 0.05) is 23.5 Å². The maximum absolute atomic E-state index is 12.5. The van der Waals surface area contributed by atoms with Crippen LogP contribution in [0.3, 0.4) is 0 Å². The van der Waals surface area contributed by atoms with E-state index in [2.05, 4.69) is 70.8 Å². The number of benzene rings is 4. The number of aromatic nitrogens is 4. The summed E-state index contributed by atoms with van der Waals surface area (Å²) in [6.07, 6.45) is -3.39. The Labute approximate surface area is 403 Å². The molecule has 4 aromatic carbocycles. The fourth-order valence-electron chi connectivity index (χ4n) is 10.8. The number of imidazole rings is 2. The fraction of sp³-hybridized carbons (Fsp3) is 0.462. The minimum Gasteiger partial charge on any atom is -0.465 e. The molecule has 0 bridgehead atoms. The summed E-state index contributed by atoms with van der Waals surface area (Å²) in [4.78, 5) is 34.1. The molecule has 2 aliphatic carbocycles. The second kappa shape index (κ2) is 19.7. The van der Waals surface area contributed by atoms with Crippen molar-refractivity contribution in [3.63, 3.8) is 0 Å². The smallest absolute Gasteiger partial charge is 0.465 e. The number of esters is 2. The number of hydrogen-bond donors (Lipinski definition) is 2. The molecule has 2 aromatic heterocycles. The predicted octanol–water partition coefficient (Wildman–Crippen LogP) is 14.3. The zero-order valence-corrected chi connectivity index (χ0v) is 41.0. The van der Waals surface area contributed by atoms with E-state index in [0.29, 0.717) is 57.3 Å². The van der Waals surface area contributed by atoms with Crippen molar-refractivity contribution in [2.24, 2.45) is 22.7 Å². The second-order valence-electron chi connectivity index (χ2n) is 20.4. The molecule has 0 amide bonds. The third-order valence-electron chi connectivity index (χ3n) is 13.0. The number of nitrogens with one attached hydrogen (secondary N) is 2. The lowest BCUT2D eigenvalue weighted by Gasteiger charge is -2.40. The SMILES string of the molecule is COC(=O)c1cc2nc(Nc3ccc(OC(F)(F)F)cc3)n([C@@H]3C[C@@H](C)CC(C)(C)C3)c2cc1C.COC(=O)c1cc2nc(Nc3ccc(OC(F)(F)F)cc3)n([C@H]3C[C@H](C)CC(C)(C)C3)c2cc1C. The molecule has 18 heteroatoms. The molecule has 12 nitrogen and oxygen atoms in total. The summed E-state index contributed by atoms with van der Waals surface area (Å²) in [6.45, 7) is 17.3. The van der Waals surface area contributed by atoms with Crippen molar-refractivity contribution in [2.75, 3.05) is 24.9 Å². The summed E-state index contributed by atoms with van der Waals surface area (Å²) < 4.78 is 97.3. The van der Waals surface area contributed by atoms with Gasteiger partial charge in [-0.1, -0.05) is 41.5 Å². The van der Waals surface area contributed by atoms with Crippen LogP contribution in [0.2, 0.25) is 0 Å².